The topological polar surface area (TPSA) is 9.23 Å². The molecule has 2 rings (SSSR count). The summed E-state index contributed by atoms with van der Waals surface area (Å²) < 4.78 is 5.24. The van der Waals surface area contributed by atoms with Crippen LogP contribution in [0.4, 0.5) is 0 Å². The van der Waals surface area contributed by atoms with Crippen LogP contribution < -0.4 is 4.74 Å². The van der Waals surface area contributed by atoms with Crippen molar-refractivity contribution in [2.75, 3.05) is 7.11 Å². The number of benzene rings is 1. The third-order valence-corrected chi connectivity index (χ3v) is 5.16. The summed E-state index contributed by atoms with van der Waals surface area (Å²) in [4.78, 5) is 0. The van der Waals surface area contributed by atoms with Crippen molar-refractivity contribution in [2.24, 2.45) is 5.41 Å². The Morgan fingerprint density at radius 3 is 2.30 bits per heavy atom. The van der Waals surface area contributed by atoms with Crippen molar-refractivity contribution in [3.8, 4) is 5.75 Å². The highest BCUT2D eigenvalue weighted by Gasteiger charge is 2.30. The summed E-state index contributed by atoms with van der Waals surface area (Å²) in [6.07, 6.45) is 11.1. The van der Waals surface area contributed by atoms with Gasteiger partial charge in [-0.1, -0.05) is 45.2 Å². The normalized spacial score (nSPS) is 26.4. The Bertz CT molecular complexity index is 385. The van der Waals surface area contributed by atoms with E-state index in [1.54, 1.807) is 7.11 Å². The summed E-state index contributed by atoms with van der Waals surface area (Å²) in [6.45, 7) is 4.80. The van der Waals surface area contributed by atoms with E-state index in [1.807, 2.05) is 0 Å². The number of hydrogen-bond donors (Lipinski definition) is 0. The fraction of sp³-hybridized carbons (Fsp3) is 0.684. The maximum Gasteiger partial charge on any atom is 0.118 e. The maximum atomic E-state index is 5.24. The third kappa shape index (κ3) is 4.01. The number of unbranched alkanes of at least 4 members (excludes halogenated alkanes) is 2. The van der Waals surface area contributed by atoms with Crippen LogP contribution in [0.25, 0.3) is 0 Å². The summed E-state index contributed by atoms with van der Waals surface area (Å²) in [5.74, 6) is 1.73. The number of ether oxygens (including phenoxy) is 1. The molecule has 0 bridgehead atoms. The molecule has 1 heteroatoms. The van der Waals surface area contributed by atoms with E-state index in [-0.39, 0.29) is 0 Å². The van der Waals surface area contributed by atoms with Gasteiger partial charge in [0.2, 0.25) is 0 Å². The monoisotopic (exact) mass is 274 g/mol. The van der Waals surface area contributed by atoms with Gasteiger partial charge in [0.1, 0.15) is 5.75 Å². The van der Waals surface area contributed by atoms with Gasteiger partial charge in [-0.25, -0.2) is 0 Å². The molecule has 0 radical (unpaired) electrons. The van der Waals surface area contributed by atoms with E-state index in [1.165, 1.54) is 56.9 Å². The van der Waals surface area contributed by atoms with Crippen LogP contribution in [0.2, 0.25) is 0 Å². The summed E-state index contributed by atoms with van der Waals surface area (Å²) in [5, 5.41) is 0. The second-order valence-corrected chi connectivity index (χ2v) is 6.82. The first kappa shape index (κ1) is 15.4. The number of hydrogen-bond acceptors (Lipinski definition) is 1. The molecule has 0 spiro atoms. The molecule has 1 aliphatic rings. The molecule has 0 N–H and O–H groups in total. The fourth-order valence-electron chi connectivity index (χ4n) is 3.58. The number of methoxy groups -OCH3 is 1. The molecule has 1 aromatic carbocycles. The Labute approximate surface area is 124 Å². The average Bonchev–Trinajstić information content (AvgIpc) is 2.48. The van der Waals surface area contributed by atoms with Gasteiger partial charge in [-0.15, -0.1) is 0 Å². The molecule has 0 aromatic heterocycles. The summed E-state index contributed by atoms with van der Waals surface area (Å²) in [5.41, 5.74) is 2.11. The van der Waals surface area contributed by atoms with Crippen molar-refractivity contribution in [3.63, 3.8) is 0 Å². The highest BCUT2D eigenvalue weighted by Crippen LogP contribution is 2.45. The van der Waals surface area contributed by atoms with E-state index in [0.717, 1.165) is 11.7 Å². The third-order valence-electron chi connectivity index (χ3n) is 5.16. The van der Waals surface area contributed by atoms with Crippen molar-refractivity contribution < 1.29 is 4.74 Å². The first-order valence-corrected chi connectivity index (χ1v) is 8.31. The molecule has 0 atom stereocenters. The minimum atomic E-state index is 0.609. The second-order valence-electron chi connectivity index (χ2n) is 6.82. The summed E-state index contributed by atoms with van der Waals surface area (Å²) >= 11 is 0. The van der Waals surface area contributed by atoms with E-state index >= 15 is 0 Å². The molecule has 1 aromatic rings. The van der Waals surface area contributed by atoms with Gasteiger partial charge in [-0.05, 0) is 61.1 Å². The van der Waals surface area contributed by atoms with Crippen molar-refractivity contribution >= 4 is 0 Å². The zero-order valence-corrected chi connectivity index (χ0v) is 13.5. The maximum absolute atomic E-state index is 5.24. The van der Waals surface area contributed by atoms with Crippen LogP contribution in [-0.4, -0.2) is 7.11 Å². The van der Waals surface area contributed by atoms with E-state index in [4.69, 9.17) is 4.74 Å². The predicted octanol–water partition coefficient (Wildman–Crippen LogP) is 5.94. The molecular formula is C19H30O. The van der Waals surface area contributed by atoms with E-state index < -0.39 is 0 Å². The van der Waals surface area contributed by atoms with Gasteiger partial charge in [0, 0.05) is 0 Å². The van der Waals surface area contributed by atoms with E-state index in [2.05, 4.69) is 38.1 Å². The first-order chi connectivity index (χ1) is 9.67. The van der Waals surface area contributed by atoms with Gasteiger partial charge in [0.05, 0.1) is 7.11 Å². The summed E-state index contributed by atoms with van der Waals surface area (Å²) in [7, 11) is 1.73. The lowest BCUT2D eigenvalue weighted by Gasteiger charge is -2.38. The lowest BCUT2D eigenvalue weighted by molar-refractivity contribution is 0.178. The van der Waals surface area contributed by atoms with Crippen LogP contribution in [0.5, 0.6) is 5.75 Å². The minimum absolute atomic E-state index is 0.609. The SMILES string of the molecule is CCCCC[C@]1(C)CC[C@H](c2ccc(OC)cc2)CC1. The zero-order chi connectivity index (χ0) is 14.4. The Hall–Kier alpha value is -0.980. The van der Waals surface area contributed by atoms with Crippen molar-refractivity contribution in [3.05, 3.63) is 29.8 Å². The van der Waals surface area contributed by atoms with Crippen LogP contribution in [0.1, 0.15) is 76.7 Å². The van der Waals surface area contributed by atoms with Gasteiger partial charge in [-0.2, -0.15) is 0 Å². The molecule has 0 heterocycles. The van der Waals surface area contributed by atoms with Gasteiger partial charge < -0.3 is 4.74 Å². The Balaban J connectivity index is 1.86. The molecule has 0 aliphatic heterocycles. The largest absolute Gasteiger partial charge is 0.497 e. The van der Waals surface area contributed by atoms with E-state index in [9.17, 15) is 0 Å². The van der Waals surface area contributed by atoms with E-state index in [0.29, 0.717) is 5.41 Å². The first-order valence-electron chi connectivity index (χ1n) is 8.31. The van der Waals surface area contributed by atoms with Crippen molar-refractivity contribution in [2.45, 2.75) is 71.1 Å². The smallest absolute Gasteiger partial charge is 0.118 e. The molecule has 0 saturated heterocycles. The number of rotatable bonds is 6. The molecule has 0 unspecified atom stereocenters. The van der Waals surface area contributed by atoms with Crippen LogP contribution >= 0.6 is 0 Å². The molecule has 1 aliphatic carbocycles. The van der Waals surface area contributed by atoms with Crippen LogP contribution in [0, 0.1) is 5.41 Å². The minimum Gasteiger partial charge on any atom is -0.497 e. The highest BCUT2D eigenvalue weighted by molar-refractivity contribution is 5.29. The molecule has 1 nitrogen and oxygen atoms in total. The average molecular weight is 274 g/mol. The second kappa shape index (κ2) is 7.15. The van der Waals surface area contributed by atoms with Gasteiger partial charge in [-0.3, -0.25) is 0 Å². The molecule has 20 heavy (non-hydrogen) atoms. The lowest BCUT2D eigenvalue weighted by Crippen LogP contribution is -2.23. The van der Waals surface area contributed by atoms with Crippen molar-refractivity contribution in [1.29, 1.82) is 0 Å². The molecule has 1 saturated carbocycles. The lowest BCUT2D eigenvalue weighted by atomic mass is 9.68. The predicted molar refractivity (Wildman–Crippen MR) is 86.5 cm³/mol. The van der Waals surface area contributed by atoms with Crippen molar-refractivity contribution in [1.82, 2.24) is 0 Å². The zero-order valence-electron chi connectivity index (χ0n) is 13.5. The van der Waals surface area contributed by atoms with Gasteiger partial charge in [0.15, 0.2) is 0 Å². The Morgan fingerprint density at radius 2 is 1.75 bits per heavy atom. The van der Waals surface area contributed by atoms with Gasteiger partial charge in [0.25, 0.3) is 0 Å². The molecular weight excluding hydrogens is 244 g/mol. The quantitative estimate of drug-likeness (QED) is 0.583. The van der Waals surface area contributed by atoms with Crippen LogP contribution in [0.3, 0.4) is 0 Å². The van der Waals surface area contributed by atoms with Gasteiger partial charge >= 0.3 is 0 Å². The molecule has 0 amide bonds. The fourth-order valence-corrected chi connectivity index (χ4v) is 3.58. The van der Waals surface area contributed by atoms with Crippen LogP contribution in [-0.2, 0) is 0 Å². The molecule has 112 valence electrons. The highest BCUT2D eigenvalue weighted by atomic mass is 16.5. The Kier molecular flexibility index (Phi) is 5.51. The summed E-state index contributed by atoms with van der Waals surface area (Å²) in [6, 6.07) is 8.71. The standard InChI is InChI=1S/C19H30O/c1-4-5-6-13-19(2)14-11-17(12-15-19)16-7-9-18(20-3)10-8-16/h7-10,17H,4-6,11-15H2,1-3H3/t17-,19+. The van der Waals surface area contributed by atoms with Crippen LogP contribution in [0.15, 0.2) is 24.3 Å². The molecule has 1 fully saturated rings. The Morgan fingerprint density at radius 1 is 1.10 bits per heavy atom.